The maximum absolute atomic E-state index is 13.5. The van der Waals surface area contributed by atoms with Crippen LogP contribution < -0.4 is 4.90 Å². The van der Waals surface area contributed by atoms with Crippen molar-refractivity contribution in [2.75, 3.05) is 4.90 Å². The molecule has 5 rings (SSSR count). The first-order valence-electron chi connectivity index (χ1n) is 9.96. The van der Waals surface area contributed by atoms with Crippen LogP contribution in [-0.4, -0.2) is 16.8 Å². The van der Waals surface area contributed by atoms with Crippen LogP contribution in [0.25, 0.3) is 11.0 Å². The van der Waals surface area contributed by atoms with Crippen molar-refractivity contribution >= 4 is 28.3 Å². The molecule has 1 atom stereocenters. The first-order valence-corrected chi connectivity index (χ1v) is 9.96. The fourth-order valence-corrected chi connectivity index (χ4v) is 3.99. The Morgan fingerprint density at radius 1 is 0.935 bits per heavy atom. The number of fused-ring (bicyclic) bond motifs is 1. The fraction of sp³-hybridized carbons (Fsp3) is 0.0769. The number of nitrogens with zero attached hydrogens (tertiary/aromatic N) is 1. The molecule has 31 heavy (non-hydrogen) atoms. The van der Waals surface area contributed by atoms with Crippen molar-refractivity contribution in [2.24, 2.45) is 0 Å². The normalized spacial score (nSPS) is 16.4. The van der Waals surface area contributed by atoms with Gasteiger partial charge in [-0.2, -0.15) is 0 Å². The van der Waals surface area contributed by atoms with Gasteiger partial charge in [-0.25, -0.2) is 0 Å². The van der Waals surface area contributed by atoms with E-state index in [2.05, 4.69) is 0 Å². The molecule has 1 aromatic heterocycles. The number of carbonyl (C=O) groups is 2. The third-order valence-electron chi connectivity index (χ3n) is 5.53. The molecule has 0 radical (unpaired) electrons. The summed E-state index contributed by atoms with van der Waals surface area (Å²) in [5.41, 5.74) is 2.95. The molecule has 0 bridgehead atoms. The van der Waals surface area contributed by atoms with Crippen molar-refractivity contribution in [2.45, 2.75) is 13.0 Å². The number of para-hydroxylation sites is 1. The number of rotatable bonds is 4. The summed E-state index contributed by atoms with van der Waals surface area (Å²) in [6.45, 7) is 1.95. The Kier molecular flexibility index (Phi) is 4.44. The lowest BCUT2D eigenvalue weighted by atomic mass is 9.94. The smallest absolute Gasteiger partial charge is 0.294 e. The van der Waals surface area contributed by atoms with Crippen LogP contribution >= 0.6 is 0 Å². The van der Waals surface area contributed by atoms with Crippen molar-refractivity contribution in [1.82, 2.24) is 0 Å². The number of amides is 1. The van der Waals surface area contributed by atoms with E-state index in [1.54, 1.807) is 12.1 Å². The number of carbonyl (C=O) groups excluding carboxylic acids is 2. The fourth-order valence-electron chi connectivity index (χ4n) is 3.99. The molecule has 5 nitrogen and oxygen atoms in total. The highest BCUT2D eigenvalue weighted by Gasteiger charge is 2.45. The van der Waals surface area contributed by atoms with Gasteiger partial charge in [-0.05, 0) is 36.8 Å². The van der Waals surface area contributed by atoms with Gasteiger partial charge in [-0.3, -0.25) is 14.5 Å². The number of Topliss-reactive ketones (excluding diaryl/α,β-unsaturated/α-hetero) is 1. The molecular weight excluding hydrogens is 390 g/mol. The Bertz CT molecular complexity index is 1300. The number of hydrogen-bond donors (Lipinski definition) is 1. The summed E-state index contributed by atoms with van der Waals surface area (Å²) < 4.78 is 5.74. The minimum atomic E-state index is -0.767. The van der Waals surface area contributed by atoms with Crippen LogP contribution in [0.5, 0.6) is 0 Å². The van der Waals surface area contributed by atoms with E-state index in [0.29, 0.717) is 11.3 Å². The van der Waals surface area contributed by atoms with Crippen LogP contribution in [0.15, 0.2) is 101 Å². The van der Waals surface area contributed by atoms with Gasteiger partial charge in [-0.1, -0.05) is 66.2 Å². The zero-order valence-corrected chi connectivity index (χ0v) is 16.8. The Labute approximate surface area is 178 Å². The number of aliphatic hydroxyl groups is 1. The first-order chi connectivity index (χ1) is 15.0. The van der Waals surface area contributed by atoms with Crippen molar-refractivity contribution in [3.8, 4) is 0 Å². The van der Waals surface area contributed by atoms with Crippen molar-refractivity contribution < 1.29 is 19.1 Å². The molecule has 1 N–H and O–H groups in total. The maximum atomic E-state index is 13.5. The van der Waals surface area contributed by atoms with Crippen LogP contribution in [0.4, 0.5) is 5.69 Å². The average Bonchev–Trinajstić information content (AvgIpc) is 3.34. The highest BCUT2D eigenvalue weighted by Crippen LogP contribution is 2.42. The molecular formula is C26H19NO4. The first kappa shape index (κ1) is 18.9. The van der Waals surface area contributed by atoms with E-state index < -0.39 is 23.5 Å². The highest BCUT2D eigenvalue weighted by molar-refractivity contribution is 6.20. The number of furan rings is 1. The van der Waals surface area contributed by atoms with Gasteiger partial charge in [0.15, 0.2) is 11.5 Å². The molecule has 0 aliphatic carbocycles. The van der Waals surface area contributed by atoms with E-state index in [1.807, 2.05) is 79.7 Å². The summed E-state index contributed by atoms with van der Waals surface area (Å²) in [7, 11) is 0. The molecule has 0 saturated heterocycles. The number of aliphatic hydroxyl groups excluding tert-OH is 1. The van der Waals surface area contributed by atoms with Crippen LogP contribution in [0.2, 0.25) is 0 Å². The Hall–Kier alpha value is -4.12. The van der Waals surface area contributed by atoms with Gasteiger partial charge in [-0.15, -0.1) is 0 Å². The van der Waals surface area contributed by atoms with E-state index >= 15 is 0 Å². The Morgan fingerprint density at radius 2 is 1.61 bits per heavy atom. The van der Waals surface area contributed by atoms with Crippen molar-refractivity contribution in [3.63, 3.8) is 0 Å². The Balaban J connectivity index is 1.65. The molecule has 0 fully saturated rings. The molecule has 0 spiro atoms. The van der Waals surface area contributed by atoms with E-state index in [0.717, 1.165) is 16.5 Å². The van der Waals surface area contributed by atoms with Gasteiger partial charge < -0.3 is 9.52 Å². The minimum absolute atomic E-state index is 0.0100. The lowest BCUT2D eigenvalue weighted by Gasteiger charge is -2.26. The summed E-state index contributed by atoms with van der Waals surface area (Å²) in [6.07, 6.45) is 0. The van der Waals surface area contributed by atoms with Gasteiger partial charge in [0, 0.05) is 11.1 Å². The van der Waals surface area contributed by atoms with Gasteiger partial charge in [0.1, 0.15) is 5.58 Å². The number of ketones is 1. The molecule has 1 aliphatic heterocycles. The molecule has 1 unspecified atom stereocenters. The number of aryl methyl sites for hydroxylation is 1. The maximum Gasteiger partial charge on any atom is 0.294 e. The van der Waals surface area contributed by atoms with Gasteiger partial charge in [0.05, 0.1) is 11.6 Å². The molecule has 1 amide bonds. The van der Waals surface area contributed by atoms with Gasteiger partial charge >= 0.3 is 0 Å². The van der Waals surface area contributed by atoms with Crippen molar-refractivity contribution in [1.29, 1.82) is 0 Å². The van der Waals surface area contributed by atoms with E-state index in [9.17, 15) is 14.7 Å². The van der Waals surface area contributed by atoms with Gasteiger partial charge in [0.25, 0.3) is 5.91 Å². The lowest BCUT2D eigenvalue weighted by Crippen LogP contribution is -2.31. The van der Waals surface area contributed by atoms with Crippen molar-refractivity contribution in [3.05, 3.63) is 113 Å². The lowest BCUT2D eigenvalue weighted by molar-refractivity contribution is -0.117. The van der Waals surface area contributed by atoms with Gasteiger partial charge in [0.2, 0.25) is 5.78 Å². The number of anilines is 1. The second kappa shape index (κ2) is 7.29. The molecule has 152 valence electrons. The van der Waals surface area contributed by atoms with Crippen LogP contribution in [0.3, 0.4) is 0 Å². The summed E-state index contributed by atoms with van der Waals surface area (Å²) in [5.74, 6) is -1.59. The Morgan fingerprint density at radius 3 is 2.32 bits per heavy atom. The molecule has 0 saturated carbocycles. The summed E-state index contributed by atoms with van der Waals surface area (Å²) in [5, 5.41) is 11.6. The van der Waals surface area contributed by atoms with Crippen LogP contribution in [0, 0.1) is 6.92 Å². The average molecular weight is 409 g/mol. The third kappa shape index (κ3) is 3.11. The second-order valence-corrected chi connectivity index (χ2v) is 7.56. The SMILES string of the molecule is Cc1ccc(N2C(=O)C(O)=C(C(=O)c3cc4ccccc4o3)C2c2ccccc2)cc1. The highest BCUT2D eigenvalue weighted by atomic mass is 16.3. The predicted molar refractivity (Wildman–Crippen MR) is 118 cm³/mol. The zero-order chi connectivity index (χ0) is 21.5. The summed E-state index contributed by atoms with van der Waals surface area (Å²) >= 11 is 0. The molecule has 3 aromatic carbocycles. The summed E-state index contributed by atoms with van der Waals surface area (Å²) in [6, 6.07) is 24.8. The second-order valence-electron chi connectivity index (χ2n) is 7.56. The van der Waals surface area contributed by atoms with E-state index in [4.69, 9.17) is 4.42 Å². The predicted octanol–water partition coefficient (Wildman–Crippen LogP) is 5.52. The minimum Gasteiger partial charge on any atom is -0.503 e. The number of hydrogen-bond acceptors (Lipinski definition) is 4. The topological polar surface area (TPSA) is 70.8 Å². The summed E-state index contributed by atoms with van der Waals surface area (Å²) in [4.78, 5) is 28.1. The van der Waals surface area contributed by atoms with E-state index in [1.165, 1.54) is 4.90 Å². The monoisotopic (exact) mass is 409 g/mol. The zero-order valence-electron chi connectivity index (χ0n) is 16.8. The standard InChI is InChI=1S/C26H19NO4/c1-16-11-13-19(14-12-16)27-23(17-7-3-2-4-8-17)22(25(29)26(27)30)24(28)21-15-18-9-5-6-10-20(18)31-21/h2-15,23,29H,1H3. The quantitative estimate of drug-likeness (QED) is 0.450. The van der Waals surface area contributed by atoms with E-state index in [-0.39, 0.29) is 11.3 Å². The largest absolute Gasteiger partial charge is 0.503 e. The molecule has 2 heterocycles. The van der Waals surface area contributed by atoms with Crippen LogP contribution in [-0.2, 0) is 4.79 Å². The molecule has 5 heteroatoms. The molecule has 1 aliphatic rings. The third-order valence-corrected chi connectivity index (χ3v) is 5.53. The molecule has 4 aromatic rings. The number of benzene rings is 3. The van der Waals surface area contributed by atoms with Crippen LogP contribution in [0.1, 0.15) is 27.7 Å².